The summed E-state index contributed by atoms with van der Waals surface area (Å²) in [6.45, 7) is 6.05. The van der Waals surface area contributed by atoms with Gasteiger partial charge in [-0.1, -0.05) is 25.0 Å². The molecule has 2 aliphatic carbocycles. The summed E-state index contributed by atoms with van der Waals surface area (Å²) >= 11 is 0. The molecule has 1 amide bonds. The number of aromatic nitrogens is 1. The lowest BCUT2D eigenvalue weighted by molar-refractivity contribution is -0.146. The lowest BCUT2D eigenvalue weighted by Gasteiger charge is -2.20. The largest absolute Gasteiger partial charge is 0.506 e. The van der Waals surface area contributed by atoms with Crippen LogP contribution in [0.2, 0.25) is 0 Å². The second kappa shape index (κ2) is 7.72. The van der Waals surface area contributed by atoms with E-state index in [0.29, 0.717) is 31.2 Å². The first-order valence-electron chi connectivity index (χ1n) is 12.0. The zero-order valence-electron chi connectivity index (χ0n) is 18.7. The Morgan fingerprint density at radius 2 is 2.00 bits per heavy atom. The maximum Gasteiger partial charge on any atom is 0.317 e. The van der Waals surface area contributed by atoms with Gasteiger partial charge in [0.1, 0.15) is 11.2 Å². The number of carbonyl (C=O) groups excluding carboxylic acids is 2. The normalized spacial score (nSPS) is 31.7. The Bertz CT molecular complexity index is 932. The van der Waals surface area contributed by atoms with E-state index in [1.54, 1.807) is 6.92 Å². The molecule has 168 valence electrons. The fourth-order valence-electron chi connectivity index (χ4n) is 6.42. The van der Waals surface area contributed by atoms with E-state index in [4.69, 9.17) is 4.74 Å². The van der Waals surface area contributed by atoms with Gasteiger partial charge in [-0.05, 0) is 44.9 Å². The first-order valence-corrected chi connectivity index (χ1v) is 12.0. The summed E-state index contributed by atoms with van der Waals surface area (Å²) in [6, 6.07) is 0. The molecular formula is C25H34N2O4. The summed E-state index contributed by atoms with van der Waals surface area (Å²) in [4.78, 5) is 27.1. The van der Waals surface area contributed by atoms with Crippen molar-refractivity contribution in [2.24, 2.45) is 11.8 Å². The standard InChI is InChI=1S/C25H34N2O4/c1-3-31-24(30)25-12-18(25)10-8-6-4-5-7-9-11-20-21(25)23(29)22-19-15-26(16(2)28)13-17(19)14-27(20)22/h8,10,17-19,29H,3-7,9,11-15H2,1-2H3. The Hall–Kier alpha value is -2.24. The molecule has 0 bridgehead atoms. The number of carbonyl (C=O) groups is 2. The van der Waals surface area contributed by atoms with E-state index in [1.165, 1.54) is 12.8 Å². The highest BCUT2D eigenvalue weighted by molar-refractivity contribution is 5.90. The van der Waals surface area contributed by atoms with Crippen molar-refractivity contribution in [2.45, 2.75) is 76.7 Å². The van der Waals surface area contributed by atoms with Gasteiger partial charge in [0.25, 0.3) is 0 Å². The Morgan fingerprint density at radius 1 is 1.19 bits per heavy atom. The van der Waals surface area contributed by atoms with E-state index in [2.05, 4.69) is 16.7 Å². The van der Waals surface area contributed by atoms with Gasteiger partial charge in [0.05, 0.1) is 12.3 Å². The number of nitrogens with zero attached hydrogens (tertiary/aromatic N) is 2. The summed E-state index contributed by atoms with van der Waals surface area (Å²) in [5, 5.41) is 11.6. The van der Waals surface area contributed by atoms with Gasteiger partial charge in [0.2, 0.25) is 5.91 Å². The number of amides is 1. The van der Waals surface area contributed by atoms with Gasteiger partial charge in [0.15, 0.2) is 0 Å². The molecule has 4 atom stereocenters. The molecule has 1 saturated heterocycles. The highest BCUT2D eigenvalue weighted by Gasteiger charge is 2.64. The van der Waals surface area contributed by atoms with Crippen LogP contribution in [0.4, 0.5) is 0 Å². The summed E-state index contributed by atoms with van der Waals surface area (Å²) in [7, 11) is 0. The van der Waals surface area contributed by atoms with Gasteiger partial charge in [-0.25, -0.2) is 0 Å². The molecule has 2 aliphatic heterocycles. The van der Waals surface area contributed by atoms with Gasteiger partial charge >= 0.3 is 5.97 Å². The predicted molar refractivity (Wildman–Crippen MR) is 117 cm³/mol. The second-order valence-corrected chi connectivity index (χ2v) is 9.84. The molecule has 1 aromatic rings. The molecule has 31 heavy (non-hydrogen) atoms. The third kappa shape index (κ3) is 3.13. The van der Waals surface area contributed by atoms with Gasteiger partial charge in [0, 0.05) is 49.7 Å². The van der Waals surface area contributed by atoms with Crippen molar-refractivity contribution in [1.29, 1.82) is 0 Å². The number of hydrogen-bond donors (Lipinski definition) is 1. The molecule has 0 radical (unpaired) electrons. The number of aromatic hydroxyl groups is 1. The molecule has 4 unspecified atom stereocenters. The Kier molecular flexibility index (Phi) is 5.14. The molecule has 1 N–H and O–H groups in total. The maximum atomic E-state index is 13.3. The third-order valence-electron chi connectivity index (χ3n) is 8.04. The summed E-state index contributed by atoms with van der Waals surface area (Å²) in [5.74, 6) is 0.793. The molecule has 4 aliphatic rings. The van der Waals surface area contributed by atoms with Gasteiger partial charge in [-0.3, -0.25) is 9.59 Å². The van der Waals surface area contributed by atoms with Crippen LogP contribution in [0.25, 0.3) is 0 Å². The highest BCUT2D eigenvalue weighted by Crippen LogP contribution is 2.62. The molecular weight excluding hydrogens is 392 g/mol. The van der Waals surface area contributed by atoms with Crippen LogP contribution in [0.5, 0.6) is 5.75 Å². The average molecular weight is 427 g/mol. The lowest BCUT2D eigenvalue weighted by atomic mass is 9.87. The minimum Gasteiger partial charge on any atom is -0.506 e. The molecule has 5 rings (SSSR count). The Balaban J connectivity index is 1.61. The number of esters is 1. The highest BCUT2D eigenvalue weighted by atomic mass is 16.5. The minimum atomic E-state index is -0.753. The molecule has 1 saturated carbocycles. The van der Waals surface area contributed by atoms with Crippen LogP contribution >= 0.6 is 0 Å². The van der Waals surface area contributed by atoms with Crippen molar-refractivity contribution in [3.63, 3.8) is 0 Å². The number of rotatable bonds is 2. The zero-order chi connectivity index (χ0) is 21.8. The van der Waals surface area contributed by atoms with Crippen LogP contribution in [0, 0.1) is 11.8 Å². The van der Waals surface area contributed by atoms with E-state index in [1.807, 2.05) is 11.8 Å². The molecule has 2 fully saturated rings. The summed E-state index contributed by atoms with van der Waals surface area (Å²) in [5.41, 5.74) is 2.17. The molecule has 1 aromatic heterocycles. The molecule has 0 aromatic carbocycles. The van der Waals surface area contributed by atoms with Crippen molar-refractivity contribution in [3.8, 4) is 5.75 Å². The second-order valence-electron chi connectivity index (χ2n) is 9.84. The maximum absolute atomic E-state index is 13.3. The predicted octanol–water partition coefficient (Wildman–Crippen LogP) is 3.65. The first kappa shape index (κ1) is 20.7. The molecule has 6 heteroatoms. The van der Waals surface area contributed by atoms with Crippen molar-refractivity contribution in [2.75, 3.05) is 19.7 Å². The smallest absolute Gasteiger partial charge is 0.317 e. The topological polar surface area (TPSA) is 71.8 Å². The van der Waals surface area contributed by atoms with E-state index < -0.39 is 5.41 Å². The number of fused-ring (bicyclic) bond motifs is 7. The van der Waals surface area contributed by atoms with Gasteiger partial charge in [-0.15, -0.1) is 0 Å². The van der Waals surface area contributed by atoms with Crippen molar-refractivity contribution < 1.29 is 19.4 Å². The van der Waals surface area contributed by atoms with E-state index in [-0.39, 0.29) is 23.7 Å². The van der Waals surface area contributed by atoms with Crippen molar-refractivity contribution in [1.82, 2.24) is 9.47 Å². The van der Waals surface area contributed by atoms with Crippen LogP contribution < -0.4 is 0 Å². The Labute approximate surface area is 184 Å². The van der Waals surface area contributed by atoms with Crippen LogP contribution in [0.1, 0.15) is 75.2 Å². The van der Waals surface area contributed by atoms with Crippen LogP contribution in [-0.2, 0) is 32.7 Å². The summed E-state index contributed by atoms with van der Waals surface area (Å²) < 4.78 is 7.86. The fourth-order valence-corrected chi connectivity index (χ4v) is 6.42. The number of hydrogen-bond acceptors (Lipinski definition) is 4. The van der Waals surface area contributed by atoms with Gasteiger partial charge in [-0.2, -0.15) is 0 Å². The number of likely N-dealkylation sites (tertiary alicyclic amines) is 1. The van der Waals surface area contributed by atoms with Crippen molar-refractivity contribution in [3.05, 3.63) is 29.1 Å². The fraction of sp³-hybridized carbons (Fsp3) is 0.680. The van der Waals surface area contributed by atoms with Crippen molar-refractivity contribution >= 4 is 11.9 Å². The first-order chi connectivity index (χ1) is 15.0. The lowest BCUT2D eigenvalue weighted by Crippen LogP contribution is -2.28. The van der Waals surface area contributed by atoms with Crippen LogP contribution in [0.3, 0.4) is 0 Å². The Morgan fingerprint density at radius 3 is 2.77 bits per heavy atom. The monoisotopic (exact) mass is 426 g/mol. The van der Waals surface area contributed by atoms with E-state index >= 15 is 0 Å². The van der Waals surface area contributed by atoms with Crippen LogP contribution in [0.15, 0.2) is 12.2 Å². The zero-order valence-corrected chi connectivity index (χ0v) is 18.7. The number of ether oxygens (including phenoxy) is 1. The molecule has 3 heterocycles. The molecule has 0 spiro atoms. The third-order valence-corrected chi connectivity index (χ3v) is 8.04. The summed E-state index contributed by atoms with van der Waals surface area (Å²) in [6.07, 6.45) is 11.7. The minimum absolute atomic E-state index is 0.0897. The SMILES string of the molecule is CCOC(=O)C12CC1C=CCCCCCCc1c2c(O)c2n1CC1CN(C(C)=O)CC21. The van der Waals surface area contributed by atoms with Gasteiger partial charge < -0.3 is 19.3 Å². The van der Waals surface area contributed by atoms with Crippen LogP contribution in [-0.4, -0.2) is 46.1 Å². The van der Waals surface area contributed by atoms with E-state index in [0.717, 1.165) is 55.7 Å². The quantitative estimate of drug-likeness (QED) is 0.579. The average Bonchev–Trinajstić information content (AvgIpc) is 3.00. The molecule has 6 nitrogen and oxygen atoms in total. The number of allylic oxidation sites excluding steroid dienone is 2. The van der Waals surface area contributed by atoms with E-state index in [9.17, 15) is 14.7 Å².